The quantitative estimate of drug-likeness (QED) is 0.284. The van der Waals surface area contributed by atoms with Crippen molar-refractivity contribution in [2.75, 3.05) is 39.3 Å². The molecule has 0 fully saturated rings. The Labute approximate surface area is 135 Å². The van der Waals surface area contributed by atoms with E-state index in [4.69, 9.17) is 20.4 Å². The molecule has 0 unspecified atom stereocenters. The molecule has 125 valence electrons. The minimum atomic E-state index is -1.23. The van der Waals surface area contributed by atoms with Crippen molar-refractivity contribution in [2.45, 2.75) is 0 Å². The van der Waals surface area contributed by atoms with E-state index >= 15 is 0 Å². The fourth-order valence-corrected chi connectivity index (χ4v) is 1.48. The Morgan fingerprint density at radius 3 is 0.905 bits per heavy atom. The van der Waals surface area contributed by atoms with Gasteiger partial charge in [0.05, 0.1) is 26.2 Å². The Kier molecular flexibility index (Phi) is 11.7. The van der Waals surface area contributed by atoms with Gasteiger partial charge in [0, 0.05) is 35.5 Å². The van der Waals surface area contributed by atoms with Crippen LogP contribution < -0.4 is 0 Å². The number of nitrogens with zero attached hydrogens (tertiary/aromatic N) is 2. The van der Waals surface area contributed by atoms with Crippen LogP contribution in [0.2, 0.25) is 0 Å². The largest absolute Gasteiger partial charge is 0.480 e. The van der Waals surface area contributed by atoms with Gasteiger partial charge in [-0.05, 0) is 0 Å². The van der Waals surface area contributed by atoms with E-state index in [0.717, 1.165) is 9.80 Å². The van der Waals surface area contributed by atoms with E-state index in [9.17, 15) is 19.2 Å². The molecule has 11 heteroatoms. The summed E-state index contributed by atoms with van der Waals surface area (Å²) >= 11 is 0. The van der Waals surface area contributed by atoms with Crippen LogP contribution in [-0.4, -0.2) is 93.4 Å². The normalized spacial score (nSPS) is 10.2. The van der Waals surface area contributed by atoms with Gasteiger partial charge in [-0.2, -0.15) is 0 Å². The molecule has 10 nitrogen and oxygen atoms in total. The zero-order chi connectivity index (χ0) is 15.7. The second kappa shape index (κ2) is 11.2. The summed E-state index contributed by atoms with van der Waals surface area (Å²) in [7, 11) is 0. The van der Waals surface area contributed by atoms with Crippen molar-refractivity contribution >= 4 is 23.9 Å². The summed E-state index contributed by atoms with van der Waals surface area (Å²) in [5.74, 6) is -4.91. The zero-order valence-electron chi connectivity index (χ0n) is 10.9. The van der Waals surface area contributed by atoms with Gasteiger partial charge in [0.25, 0.3) is 0 Å². The summed E-state index contributed by atoms with van der Waals surface area (Å²) in [6, 6.07) is 0. The molecular weight excluding hydrogens is 384 g/mol. The van der Waals surface area contributed by atoms with Crippen LogP contribution in [0.5, 0.6) is 0 Å². The number of aliphatic carboxylic acids is 4. The van der Waals surface area contributed by atoms with Gasteiger partial charge in [0.2, 0.25) is 0 Å². The molecule has 1 radical (unpaired) electrons. The van der Waals surface area contributed by atoms with Crippen molar-refractivity contribution < 1.29 is 62.0 Å². The topological polar surface area (TPSA) is 156 Å². The summed E-state index contributed by atoms with van der Waals surface area (Å²) in [5.41, 5.74) is 0. The van der Waals surface area contributed by atoms with Gasteiger partial charge in [0.1, 0.15) is 0 Å². The average molecular weight is 400 g/mol. The van der Waals surface area contributed by atoms with Crippen molar-refractivity contribution in [2.24, 2.45) is 0 Å². The molecule has 0 saturated carbocycles. The molecule has 0 aliphatic heterocycles. The third kappa shape index (κ3) is 13.3. The molecule has 0 aromatic carbocycles. The van der Waals surface area contributed by atoms with Crippen LogP contribution in [0, 0.1) is 0 Å². The number of rotatable bonds is 11. The number of carboxylic acid groups (broad SMARTS) is 4. The maximum Gasteiger partial charge on any atom is 0.317 e. The summed E-state index contributed by atoms with van der Waals surface area (Å²) < 4.78 is 0. The molecule has 0 aromatic heterocycles. The Hall–Kier alpha value is -1.46. The van der Waals surface area contributed by atoms with Crippen LogP contribution in [0.1, 0.15) is 0 Å². The SMILES string of the molecule is O=C(O)CN(CCN(CC(=O)O)CC(=O)O)CC(=O)O.[Ag]. The number of carbonyl (C=O) groups is 4. The third-order valence-electron chi connectivity index (χ3n) is 2.17. The Morgan fingerprint density at radius 1 is 0.571 bits per heavy atom. The van der Waals surface area contributed by atoms with Crippen LogP contribution in [0.25, 0.3) is 0 Å². The second-order valence-corrected chi connectivity index (χ2v) is 4.00. The fraction of sp³-hybridized carbons (Fsp3) is 0.600. The van der Waals surface area contributed by atoms with E-state index in [1.807, 2.05) is 0 Å². The van der Waals surface area contributed by atoms with E-state index in [1.165, 1.54) is 0 Å². The molecule has 21 heavy (non-hydrogen) atoms. The van der Waals surface area contributed by atoms with Gasteiger partial charge in [-0.3, -0.25) is 29.0 Å². The van der Waals surface area contributed by atoms with Crippen molar-refractivity contribution in [1.82, 2.24) is 9.80 Å². The molecule has 0 spiro atoms. The molecule has 0 heterocycles. The number of hydrogen-bond donors (Lipinski definition) is 4. The molecule has 0 rings (SSSR count). The van der Waals surface area contributed by atoms with E-state index in [2.05, 4.69) is 0 Å². The average Bonchev–Trinajstić information content (AvgIpc) is 2.22. The molecule has 0 aromatic rings. The predicted octanol–water partition coefficient (Wildman–Crippen LogP) is -2.07. The maximum absolute atomic E-state index is 10.6. The Morgan fingerprint density at radius 2 is 0.762 bits per heavy atom. The van der Waals surface area contributed by atoms with Gasteiger partial charge in [-0.1, -0.05) is 0 Å². The molecule has 0 amide bonds. The molecule has 4 N–H and O–H groups in total. The molecule has 0 atom stereocenters. The summed E-state index contributed by atoms with van der Waals surface area (Å²) in [5, 5.41) is 34.5. The first-order chi connectivity index (χ1) is 9.20. The first kappa shape index (κ1) is 21.8. The molecular formula is C10H16AgN2O8. The molecule has 0 bridgehead atoms. The van der Waals surface area contributed by atoms with E-state index < -0.39 is 50.1 Å². The monoisotopic (exact) mass is 399 g/mol. The Bertz CT molecular complexity index is 321. The minimum Gasteiger partial charge on any atom is -0.480 e. The maximum atomic E-state index is 10.6. The van der Waals surface area contributed by atoms with Gasteiger partial charge in [-0.25, -0.2) is 0 Å². The second-order valence-electron chi connectivity index (χ2n) is 4.00. The molecule has 0 aliphatic rings. The first-order valence-electron chi connectivity index (χ1n) is 5.52. The van der Waals surface area contributed by atoms with E-state index in [1.54, 1.807) is 0 Å². The van der Waals surface area contributed by atoms with Gasteiger partial charge < -0.3 is 20.4 Å². The fourth-order valence-electron chi connectivity index (χ4n) is 1.48. The number of carboxylic acids is 4. The van der Waals surface area contributed by atoms with Crippen LogP contribution in [0.4, 0.5) is 0 Å². The summed E-state index contributed by atoms with van der Waals surface area (Å²) in [6.07, 6.45) is 0. The van der Waals surface area contributed by atoms with Gasteiger partial charge >= 0.3 is 23.9 Å². The van der Waals surface area contributed by atoms with E-state index in [-0.39, 0.29) is 35.5 Å². The minimum absolute atomic E-state index is 0. The number of hydrogen-bond acceptors (Lipinski definition) is 6. The molecule has 0 saturated heterocycles. The van der Waals surface area contributed by atoms with Crippen molar-refractivity contribution in [3.8, 4) is 0 Å². The smallest absolute Gasteiger partial charge is 0.317 e. The van der Waals surface area contributed by atoms with Crippen LogP contribution in [0.3, 0.4) is 0 Å². The Balaban J connectivity index is 0. The van der Waals surface area contributed by atoms with Gasteiger partial charge in [-0.15, -0.1) is 0 Å². The van der Waals surface area contributed by atoms with E-state index in [0.29, 0.717) is 0 Å². The predicted molar refractivity (Wildman–Crippen MR) is 63.4 cm³/mol. The summed E-state index contributed by atoms with van der Waals surface area (Å²) in [4.78, 5) is 44.4. The first-order valence-corrected chi connectivity index (χ1v) is 5.52. The standard InChI is InChI=1S/C10H16N2O8.Ag/c13-7(14)3-11(4-8(15)16)1-2-12(5-9(17)18)6-10(19)20;/h1-6H2,(H,13,14)(H,15,16)(H,17,18)(H,19,20);. The zero-order valence-corrected chi connectivity index (χ0v) is 12.3. The van der Waals surface area contributed by atoms with Crippen molar-refractivity contribution in [3.05, 3.63) is 0 Å². The summed E-state index contributed by atoms with van der Waals surface area (Å²) in [6.45, 7) is -2.25. The van der Waals surface area contributed by atoms with Crippen LogP contribution in [0.15, 0.2) is 0 Å². The van der Waals surface area contributed by atoms with Crippen molar-refractivity contribution in [3.63, 3.8) is 0 Å². The third-order valence-corrected chi connectivity index (χ3v) is 2.17. The van der Waals surface area contributed by atoms with Crippen molar-refractivity contribution in [1.29, 1.82) is 0 Å². The van der Waals surface area contributed by atoms with Crippen LogP contribution in [-0.2, 0) is 41.6 Å². The van der Waals surface area contributed by atoms with Crippen LogP contribution >= 0.6 is 0 Å². The van der Waals surface area contributed by atoms with Gasteiger partial charge in [0.15, 0.2) is 0 Å². The molecule has 0 aliphatic carbocycles.